The van der Waals surface area contributed by atoms with Crippen LogP contribution in [0.25, 0.3) is 11.1 Å². The van der Waals surface area contributed by atoms with E-state index >= 15 is 0 Å². The maximum atomic E-state index is 10.9. The number of carbonyl (C=O) groups is 1. The summed E-state index contributed by atoms with van der Waals surface area (Å²) in [6.07, 6.45) is 0.879. The third-order valence-corrected chi connectivity index (χ3v) is 3.18. The first-order chi connectivity index (χ1) is 7.70. The van der Waals surface area contributed by atoms with Crippen LogP contribution in [-0.4, -0.2) is 6.29 Å². The molecule has 0 N–H and O–H groups in total. The van der Waals surface area contributed by atoms with Gasteiger partial charge in [0.05, 0.1) is 0 Å². The fourth-order valence-corrected chi connectivity index (χ4v) is 2.87. The molecule has 2 rings (SSSR count). The Morgan fingerprint density at radius 1 is 0.938 bits per heavy atom. The van der Waals surface area contributed by atoms with Crippen LogP contribution in [0.2, 0.25) is 0 Å². The van der Waals surface area contributed by atoms with E-state index in [1.54, 1.807) is 0 Å². The van der Waals surface area contributed by atoms with Gasteiger partial charge in [0, 0.05) is 14.5 Å². The van der Waals surface area contributed by atoms with E-state index in [2.05, 4.69) is 31.9 Å². The van der Waals surface area contributed by atoms with Gasteiger partial charge in [0.1, 0.15) is 0 Å². The van der Waals surface area contributed by atoms with Crippen LogP contribution < -0.4 is 0 Å². The van der Waals surface area contributed by atoms with Crippen molar-refractivity contribution in [3.8, 4) is 11.1 Å². The molecule has 0 aliphatic rings. The number of carbonyl (C=O) groups excluding carboxylic acids is 1. The quantitative estimate of drug-likeness (QED) is 0.725. The van der Waals surface area contributed by atoms with Crippen molar-refractivity contribution in [2.45, 2.75) is 0 Å². The number of halogens is 2. The van der Waals surface area contributed by atoms with Crippen LogP contribution >= 0.6 is 31.9 Å². The van der Waals surface area contributed by atoms with Gasteiger partial charge in [-0.1, -0.05) is 56.1 Å². The van der Waals surface area contributed by atoms with E-state index in [0.717, 1.165) is 26.4 Å². The second-order valence-corrected chi connectivity index (χ2v) is 5.19. The van der Waals surface area contributed by atoms with Gasteiger partial charge in [-0.15, -0.1) is 0 Å². The van der Waals surface area contributed by atoms with Gasteiger partial charge < -0.3 is 0 Å². The Morgan fingerprint density at radius 3 is 2.19 bits per heavy atom. The molecule has 0 unspecified atom stereocenters. The number of rotatable bonds is 2. The molecule has 80 valence electrons. The van der Waals surface area contributed by atoms with Crippen molar-refractivity contribution in [3.63, 3.8) is 0 Å². The Kier molecular flexibility index (Phi) is 3.56. The van der Waals surface area contributed by atoms with Crippen LogP contribution in [0.4, 0.5) is 0 Å². The highest BCUT2D eigenvalue weighted by Gasteiger charge is 2.05. The Balaban J connectivity index is 2.62. The fraction of sp³-hybridized carbons (Fsp3) is 0. The van der Waals surface area contributed by atoms with Gasteiger partial charge in [0.2, 0.25) is 0 Å². The van der Waals surface area contributed by atoms with Crippen molar-refractivity contribution in [2.24, 2.45) is 0 Å². The molecule has 0 radical (unpaired) electrons. The summed E-state index contributed by atoms with van der Waals surface area (Å²) in [6, 6.07) is 13.5. The van der Waals surface area contributed by atoms with E-state index in [1.165, 1.54) is 0 Å². The maximum Gasteiger partial charge on any atom is 0.150 e. The molecule has 1 nitrogen and oxygen atoms in total. The molecule has 0 aliphatic heterocycles. The summed E-state index contributed by atoms with van der Waals surface area (Å²) in [5.74, 6) is 0. The van der Waals surface area contributed by atoms with Gasteiger partial charge in [-0.2, -0.15) is 0 Å². The lowest BCUT2D eigenvalue weighted by Crippen LogP contribution is -1.87. The van der Waals surface area contributed by atoms with Crippen molar-refractivity contribution < 1.29 is 4.79 Å². The third kappa shape index (κ3) is 2.42. The molecule has 0 atom stereocenters. The van der Waals surface area contributed by atoms with Gasteiger partial charge in [0.25, 0.3) is 0 Å². The number of hydrogen-bond acceptors (Lipinski definition) is 1. The molecule has 3 heteroatoms. The van der Waals surface area contributed by atoms with E-state index in [0.29, 0.717) is 5.56 Å². The Bertz CT molecular complexity index is 515. The minimum atomic E-state index is 0.701. The predicted octanol–water partition coefficient (Wildman–Crippen LogP) is 4.69. The van der Waals surface area contributed by atoms with Gasteiger partial charge in [-0.3, -0.25) is 4.79 Å². The minimum Gasteiger partial charge on any atom is -0.298 e. The lowest BCUT2D eigenvalue weighted by molar-refractivity contribution is 0.112. The summed E-state index contributed by atoms with van der Waals surface area (Å²) >= 11 is 6.88. The molecule has 0 spiro atoms. The summed E-state index contributed by atoms with van der Waals surface area (Å²) in [6.45, 7) is 0. The summed E-state index contributed by atoms with van der Waals surface area (Å²) in [7, 11) is 0. The minimum absolute atomic E-state index is 0.701. The first-order valence-corrected chi connectivity index (χ1v) is 6.30. The zero-order valence-corrected chi connectivity index (χ0v) is 11.5. The van der Waals surface area contributed by atoms with Crippen LogP contribution in [0.1, 0.15) is 10.4 Å². The average molecular weight is 340 g/mol. The SMILES string of the molecule is O=Cc1ccccc1-c1cc(Br)cc(Br)c1. The van der Waals surface area contributed by atoms with E-state index in [4.69, 9.17) is 0 Å². The highest BCUT2D eigenvalue weighted by Crippen LogP contribution is 2.29. The van der Waals surface area contributed by atoms with Crippen LogP contribution in [0, 0.1) is 0 Å². The first-order valence-electron chi connectivity index (χ1n) is 4.71. The van der Waals surface area contributed by atoms with Crippen LogP contribution in [-0.2, 0) is 0 Å². The van der Waals surface area contributed by atoms with E-state index in [-0.39, 0.29) is 0 Å². The van der Waals surface area contributed by atoms with Crippen molar-refractivity contribution in [1.82, 2.24) is 0 Å². The highest BCUT2D eigenvalue weighted by atomic mass is 79.9. The molecule has 2 aromatic carbocycles. The molecule has 0 fully saturated rings. The summed E-state index contributed by atoms with van der Waals surface area (Å²) in [5.41, 5.74) is 2.66. The van der Waals surface area contributed by atoms with Gasteiger partial charge in [-0.05, 0) is 29.3 Å². The van der Waals surface area contributed by atoms with E-state index in [9.17, 15) is 4.79 Å². The second-order valence-electron chi connectivity index (χ2n) is 3.36. The summed E-state index contributed by atoms with van der Waals surface area (Å²) in [5, 5.41) is 0. The lowest BCUT2D eigenvalue weighted by Gasteiger charge is -2.06. The fourth-order valence-electron chi connectivity index (χ4n) is 1.57. The van der Waals surface area contributed by atoms with Crippen molar-refractivity contribution >= 4 is 38.1 Å². The molecule has 0 saturated carbocycles. The molecule has 0 aromatic heterocycles. The average Bonchev–Trinajstić information content (AvgIpc) is 2.27. The number of aldehydes is 1. The molecule has 16 heavy (non-hydrogen) atoms. The molecule has 0 heterocycles. The third-order valence-electron chi connectivity index (χ3n) is 2.26. The smallest absolute Gasteiger partial charge is 0.150 e. The molecule has 0 amide bonds. The maximum absolute atomic E-state index is 10.9. The molecule has 2 aromatic rings. The van der Waals surface area contributed by atoms with Gasteiger partial charge in [0.15, 0.2) is 6.29 Å². The Morgan fingerprint density at radius 2 is 1.56 bits per heavy atom. The van der Waals surface area contributed by atoms with Crippen molar-refractivity contribution in [2.75, 3.05) is 0 Å². The van der Waals surface area contributed by atoms with Crippen LogP contribution in [0.3, 0.4) is 0 Å². The molecule has 0 bridgehead atoms. The topological polar surface area (TPSA) is 17.1 Å². The number of benzene rings is 2. The molecular weight excluding hydrogens is 332 g/mol. The van der Waals surface area contributed by atoms with Crippen LogP contribution in [0.15, 0.2) is 51.4 Å². The standard InChI is InChI=1S/C13H8Br2O/c14-11-5-10(6-12(15)7-11)13-4-2-1-3-9(13)8-16/h1-8H. The van der Waals surface area contributed by atoms with E-state index in [1.807, 2.05) is 42.5 Å². The molecule has 0 saturated heterocycles. The van der Waals surface area contributed by atoms with Crippen molar-refractivity contribution in [3.05, 3.63) is 57.0 Å². The molecular formula is C13H8Br2O. The van der Waals surface area contributed by atoms with Crippen molar-refractivity contribution in [1.29, 1.82) is 0 Å². The largest absolute Gasteiger partial charge is 0.298 e. The zero-order chi connectivity index (χ0) is 11.5. The van der Waals surface area contributed by atoms with Crippen LogP contribution in [0.5, 0.6) is 0 Å². The van der Waals surface area contributed by atoms with E-state index < -0.39 is 0 Å². The Labute approximate surface area is 111 Å². The van der Waals surface area contributed by atoms with Gasteiger partial charge >= 0.3 is 0 Å². The Hall–Kier alpha value is -0.930. The van der Waals surface area contributed by atoms with Gasteiger partial charge in [-0.25, -0.2) is 0 Å². The lowest BCUT2D eigenvalue weighted by atomic mass is 10.0. The predicted molar refractivity (Wildman–Crippen MR) is 72.7 cm³/mol. The summed E-state index contributed by atoms with van der Waals surface area (Å²) in [4.78, 5) is 10.9. The zero-order valence-electron chi connectivity index (χ0n) is 8.28. The monoisotopic (exact) mass is 338 g/mol. The second kappa shape index (κ2) is 4.93. The normalized spacial score (nSPS) is 10.1. The molecule has 0 aliphatic carbocycles. The highest BCUT2D eigenvalue weighted by molar-refractivity contribution is 9.11. The number of hydrogen-bond donors (Lipinski definition) is 0. The summed E-state index contributed by atoms with van der Waals surface area (Å²) < 4.78 is 1.97. The first kappa shape index (κ1) is 11.6.